The Bertz CT molecular complexity index is 573. The van der Waals surface area contributed by atoms with E-state index < -0.39 is 0 Å². The molecule has 1 aromatic carbocycles. The first-order valence-electron chi connectivity index (χ1n) is 7.65. The zero-order chi connectivity index (χ0) is 13.8. The molecule has 2 heterocycles. The standard InChI is InChI=1S/C17H23N3/c1-14-13-15-7-2-3-8-16(15)19-17(14)18-9-6-12-20-10-4-5-11-20/h2-3,7-8,13H,4-6,9-12H2,1H3,(H,18,19). The number of anilines is 1. The summed E-state index contributed by atoms with van der Waals surface area (Å²) in [6.07, 6.45) is 3.94. The van der Waals surface area contributed by atoms with E-state index in [1.165, 1.54) is 49.8 Å². The molecule has 0 bridgehead atoms. The van der Waals surface area contributed by atoms with E-state index in [1.807, 2.05) is 6.07 Å². The number of fused-ring (bicyclic) bond motifs is 1. The third-order valence-electron chi connectivity index (χ3n) is 4.06. The van der Waals surface area contributed by atoms with Crippen LogP contribution in [-0.4, -0.2) is 36.1 Å². The topological polar surface area (TPSA) is 28.2 Å². The SMILES string of the molecule is Cc1cc2ccccc2nc1NCCCN1CCCC1. The number of nitrogens with zero attached hydrogens (tertiary/aromatic N) is 2. The summed E-state index contributed by atoms with van der Waals surface area (Å²) in [6.45, 7) is 6.91. The summed E-state index contributed by atoms with van der Waals surface area (Å²) >= 11 is 0. The minimum atomic E-state index is 1.00. The number of hydrogen-bond donors (Lipinski definition) is 1. The normalized spacial score (nSPS) is 15.8. The lowest BCUT2D eigenvalue weighted by atomic mass is 10.1. The minimum absolute atomic E-state index is 1.00. The van der Waals surface area contributed by atoms with E-state index in [-0.39, 0.29) is 0 Å². The van der Waals surface area contributed by atoms with Crippen LogP contribution in [0.2, 0.25) is 0 Å². The van der Waals surface area contributed by atoms with Crippen molar-refractivity contribution >= 4 is 16.7 Å². The zero-order valence-electron chi connectivity index (χ0n) is 12.2. The maximum atomic E-state index is 4.72. The molecule has 1 saturated heterocycles. The van der Waals surface area contributed by atoms with Gasteiger partial charge in [-0.1, -0.05) is 18.2 Å². The molecule has 1 aromatic heterocycles. The summed E-state index contributed by atoms with van der Waals surface area (Å²) in [6, 6.07) is 10.5. The summed E-state index contributed by atoms with van der Waals surface area (Å²) in [5.74, 6) is 1.03. The van der Waals surface area contributed by atoms with E-state index >= 15 is 0 Å². The minimum Gasteiger partial charge on any atom is -0.370 e. The summed E-state index contributed by atoms with van der Waals surface area (Å²) in [5.41, 5.74) is 2.30. The van der Waals surface area contributed by atoms with Crippen molar-refractivity contribution in [3.63, 3.8) is 0 Å². The molecule has 20 heavy (non-hydrogen) atoms. The van der Waals surface area contributed by atoms with Crippen molar-refractivity contribution in [1.29, 1.82) is 0 Å². The Morgan fingerprint density at radius 2 is 2.00 bits per heavy atom. The summed E-state index contributed by atoms with van der Waals surface area (Å²) in [7, 11) is 0. The van der Waals surface area contributed by atoms with Gasteiger partial charge < -0.3 is 10.2 Å². The van der Waals surface area contributed by atoms with Crippen molar-refractivity contribution in [3.8, 4) is 0 Å². The number of pyridine rings is 1. The predicted octanol–water partition coefficient (Wildman–Crippen LogP) is 3.44. The van der Waals surface area contributed by atoms with Gasteiger partial charge in [-0.05, 0) is 63.5 Å². The smallest absolute Gasteiger partial charge is 0.129 e. The molecule has 1 N–H and O–H groups in total. The van der Waals surface area contributed by atoms with Crippen LogP contribution in [0.5, 0.6) is 0 Å². The second-order valence-electron chi connectivity index (χ2n) is 5.68. The second kappa shape index (κ2) is 6.23. The largest absolute Gasteiger partial charge is 0.370 e. The van der Waals surface area contributed by atoms with E-state index in [9.17, 15) is 0 Å². The van der Waals surface area contributed by atoms with Gasteiger partial charge in [0.1, 0.15) is 5.82 Å². The van der Waals surface area contributed by atoms with Gasteiger partial charge >= 0.3 is 0 Å². The first-order valence-corrected chi connectivity index (χ1v) is 7.65. The lowest BCUT2D eigenvalue weighted by Gasteiger charge is -2.15. The van der Waals surface area contributed by atoms with Gasteiger partial charge in [0, 0.05) is 11.9 Å². The van der Waals surface area contributed by atoms with Crippen LogP contribution >= 0.6 is 0 Å². The molecule has 1 aliphatic heterocycles. The molecule has 0 spiro atoms. The molecule has 3 heteroatoms. The average molecular weight is 269 g/mol. The fourth-order valence-corrected chi connectivity index (χ4v) is 2.92. The summed E-state index contributed by atoms with van der Waals surface area (Å²) in [4.78, 5) is 7.28. The van der Waals surface area contributed by atoms with Crippen molar-refractivity contribution < 1.29 is 0 Å². The number of rotatable bonds is 5. The Morgan fingerprint density at radius 1 is 1.20 bits per heavy atom. The molecule has 3 nitrogen and oxygen atoms in total. The number of para-hydroxylation sites is 1. The molecule has 1 fully saturated rings. The molecule has 0 amide bonds. The summed E-state index contributed by atoms with van der Waals surface area (Å²) < 4.78 is 0. The van der Waals surface area contributed by atoms with Crippen LogP contribution in [0.15, 0.2) is 30.3 Å². The van der Waals surface area contributed by atoms with Gasteiger partial charge in [-0.3, -0.25) is 0 Å². The predicted molar refractivity (Wildman–Crippen MR) is 85.3 cm³/mol. The molecule has 1 aliphatic rings. The molecule has 3 rings (SSSR count). The van der Waals surface area contributed by atoms with Gasteiger partial charge in [0.15, 0.2) is 0 Å². The number of aromatic nitrogens is 1. The number of nitrogens with one attached hydrogen (secondary N) is 1. The van der Waals surface area contributed by atoms with Gasteiger partial charge in [0.2, 0.25) is 0 Å². The van der Waals surface area contributed by atoms with Crippen LogP contribution in [0.25, 0.3) is 10.9 Å². The van der Waals surface area contributed by atoms with Gasteiger partial charge in [-0.25, -0.2) is 4.98 Å². The first kappa shape index (κ1) is 13.4. The number of likely N-dealkylation sites (tertiary alicyclic amines) is 1. The molecule has 0 unspecified atom stereocenters. The lowest BCUT2D eigenvalue weighted by Crippen LogP contribution is -2.22. The van der Waals surface area contributed by atoms with Crippen molar-refractivity contribution in [2.75, 3.05) is 31.5 Å². The van der Waals surface area contributed by atoms with E-state index in [0.717, 1.165) is 17.9 Å². The van der Waals surface area contributed by atoms with Gasteiger partial charge in [-0.15, -0.1) is 0 Å². The van der Waals surface area contributed by atoms with Crippen LogP contribution in [0, 0.1) is 6.92 Å². The number of aryl methyl sites for hydroxylation is 1. The van der Waals surface area contributed by atoms with Crippen LogP contribution in [0.1, 0.15) is 24.8 Å². The maximum absolute atomic E-state index is 4.72. The Morgan fingerprint density at radius 3 is 2.85 bits per heavy atom. The van der Waals surface area contributed by atoms with Gasteiger partial charge in [0.25, 0.3) is 0 Å². The van der Waals surface area contributed by atoms with Crippen LogP contribution in [-0.2, 0) is 0 Å². The molecule has 2 aromatic rings. The third kappa shape index (κ3) is 3.10. The Hall–Kier alpha value is -1.61. The molecule has 106 valence electrons. The van der Waals surface area contributed by atoms with Crippen molar-refractivity contribution in [3.05, 3.63) is 35.9 Å². The highest BCUT2D eigenvalue weighted by atomic mass is 15.1. The molecular weight excluding hydrogens is 246 g/mol. The number of benzene rings is 1. The lowest BCUT2D eigenvalue weighted by molar-refractivity contribution is 0.337. The van der Waals surface area contributed by atoms with Gasteiger partial charge in [0.05, 0.1) is 5.52 Å². The molecule has 0 saturated carbocycles. The first-order chi connectivity index (χ1) is 9.83. The van der Waals surface area contributed by atoms with E-state index in [4.69, 9.17) is 4.98 Å². The van der Waals surface area contributed by atoms with Crippen LogP contribution in [0.4, 0.5) is 5.82 Å². The van der Waals surface area contributed by atoms with Crippen LogP contribution < -0.4 is 5.32 Å². The maximum Gasteiger partial charge on any atom is 0.129 e. The van der Waals surface area contributed by atoms with E-state index in [0.29, 0.717) is 0 Å². The highest BCUT2D eigenvalue weighted by Crippen LogP contribution is 2.19. The quantitative estimate of drug-likeness (QED) is 0.843. The summed E-state index contributed by atoms with van der Waals surface area (Å²) in [5, 5.41) is 4.71. The molecule has 0 radical (unpaired) electrons. The molecular formula is C17H23N3. The second-order valence-corrected chi connectivity index (χ2v) is 5.68. The Kier molecular flexibility index (Phi) is 4.16. The molecule has 0 atom stereocenters. The number of hydrogen-bond acceptors (Lipinski definition) is 3. The fraction of sp³-hybridized carbons (Fsp3) is 0.471. The van der Waals surface area contributed by atoms with Gasteiger partial charge in [-0.2, -0.15) is 0 Å². The highest BCUT2D eigenvalue weighted by molar-refractivity contribution is 5.81. The van der Waals surface area contributed by atoms with Crippen LogP contribution in [0.3, 0.4) is 0 Å². The van der Waals surface area contributed by atoms with Crippen molar-refractivity contribution in [1.82, 2.24) is 9.88 Å². The van der Waals surface area contributed by atoms with Crippen molar-refractivity contribution in [2.45, 2.75) is 26.2 Å². The highest BCUT2D eigenvalue weighted by Gasteiger charge is 2.10. The van der Waals surface area contributed by atoms with E-state index in [2.05, 4.69) is 41.4 Å². The fourth-order valence-electron chi connectivity index (χ4n) is 2.92. The monoisotopic (exact) mass is 269 g/mol. The third-order valence-corrected chi connectivity index (χ3v) is 4.06. The average Bonchev–Trinajstić information content (AvgIpc) is 2.97. The zero-order valence-corrected chi connectivity index (χ0v) is 12.2. The Labute approximate surface area is 121 Å². The Balaban J connectivity index is 1.57. The van der Waals surface area contributed by atoms with E-state index in [1.54, 1.807) is 0 Å². The molecule has 0 aliphatic carbocycles. The van der Waals surface area contributed by atoms with Crippen molar-refractivity contribution in [2.24, 2.45) is 0 Å².